The number of rotatable bonds is 6. The van der Waals surface area contributed by atoms with Crippen molar-refractivity contribution in [1.82, 2.24) is 0 Å². The maximum atomic E-state index is 14.0. The Balaban J connectivity index is 2.27. The molecule has 7 nitrogen and oxygen atoms in total. The minimum atomic E-state index is -5.61. The van der Waals surface area contributed by atoms with Crippen LogP contribution in [-0.2, 0) is 19.7 Å². The number of para-hydroxylation sites is 1. The van der Waals surface area contributed by atoms with Crippen LogP contribution in [0.4, 0.5) is 17.6 Å². The first kappa shape index (κ1) is 24.7. The van der Waals surface area contributed by atoms with Crippen molar-refractivity contribution in [1.29, 1.82) is 0 Å². The number of hydrogen-bond donors (Lipinski definition) is 1. The summed E-state index contributed by atoms with van der Waals surface area (Å²) >= 11 is 2.80. The lowest BCUT2D eigenvalue weighted by Crippen LogP contribution is -2.55. The van der Waals surface area contributed by atoms with E-state index < -0.39 is 50.3 Å². The molecule has 0 heterocycles. The molecule has 2 aromatic rings. The molecule has 0 amide bonds. The van der Waals surface area contributed by atoms with Gasteiger partial charge in [-0.1, -0.05) is 18.2 Å². The topological polar surface area (TPSA) is 107 Å². The fourth-order valence-electron chi connectivity index (χ4n) is 1.93. The van der Waals surface area contributed by atoms with Crippen LogP contribution in [0.15, 0.2) is 47.4 Å². The number of hydrogen-bond acceptors (Lipinski definition) is 6. The van der Waals surface area contributed by atoms with Crippen molar-refractivity contribution in [2.24, 2.45) is 0 Å². The average Bonchev–Trinajstić information content (AvgIpc) is 2.60. The van der Waals surface area contributed by atoms with Crippen LogP contribution in [0.25, 0.3) is 0 Å². The predicted molar refractivity (Wildman–Crippen MR) is 109 cm³/mol. The van der Waals surface area contributed by atoms with Crippen molar-refractivity contribution in [3.8, 4) is 11.5 Å². The van der Waals surface area contributed by atoms with Gasteiger partial charge in [0.1, 0.15) is 16.4 Å². The highest BCUT2D eigenvalue weighted by Gasteiger charge is 2.69. The second-order valence-corrected chi connectivity index (χ2v) is 9.11. The van der Waals surface area contributed by atoms with Crippen molar-refractivity contribution >= 4 is 67.2 Å². The van der Waals surface area contributed by atoms with Crippen LogP contribution in [0.1, 0.15) is 0 Å². The molecule has 0 aliphatic heterocycles. The number of alkyl halides is 4. The summed E-state index contributed by atoms with van der Waals surface area (Å²) in [5.41, 5.74) is 0. The van der Waals surface area contributed by atoms with Crippen molar-refractivity contribution in [2.75, 3.05) is 0 Å². The van der Waals surface area contributed by atoms with E-state index in [1.807, 2.05) is 0 Å². The molecule has 0 unspecified atom stereocenters. The molecule has 0 aromatic heterocycles. The number of halogens is 6. The van der Waals surface area contributed by atoms with Gasteiger partial charge in [-0.25, -0.2) is 9.59 Å². The molecule has 0 radical (unpaired) electrons. The first-order valence-corrected chi connectivity index (χ1v) is 11.0. The van der Waals surface area contributed by atoms with Gasteiger partial charge in [0.15, 0.2) is 0 Å². The molecule has 0 bridgehead atoms. The van der Waals surface area contributed by atoms with Gasteiger partial charge in [-0.15, -0.1) is 0 Å². The van der Waals surface area contributed by atoms with Crippen LogP contribution in [-0.4, -0.2) is 36.8 Å². The third-order valence-electron chi connectivity index (χ3n) is 3.30. The number of benzene rings is 2. The summed E-state index contributed by atoms with van der Waals surface area (Å²) in [7, 11) is -4.69. The van der Waals surface area contributed by atoms with Crippen molar-refractivity contribution < 1.29 is 49.6 Å². The van der Waals surface area contributed by atoms with Crippen molar-refractivity contribution in [2.45, 2.75) is 16.7 Å². The maximum absolute atomic E-state index is 14.0. The zero-order chi connectivity index (χ0) is 22.9. The molecule has 14 heteroatoms. The molecule has 0 fully saturated rings. The Bertz CT molecular complexity index is 1070. The lowest BCUT2D eigenvalue weighted by molar-refractivity contribution is -0.228. The van der Waals surface area contributed by atoms with Gasteiger partial charge < -0.3 is 9.47 Å². The summed E-state index contributed by atoms with van der Waals surface area (Å²) in [5.74, 6) is -17.8. The Labute approximate surface area is 193 Å². The number of esters is 2. The Morgan fingerprint density at radius 2 is 1.23 bits per heavy atom. The molecule has 0 atom stereocenters. The molecule has 162 valence electrons. The van der Waals surface area contributed by atoms with Gasteiger partial charge in [-0.3, -0.25) is 4.55 Å². The molecule has 30 heavy (non-hydrogen) atoms. The van der Waals surface area contributed by atoms with E-state index in [1.165, 1.54) is 63.4 Å². The van der Waals surface area contributed by atoms with Gasteiger partial charge in [0.05, 0.1) is 0 Å². The van der Waals surface area contributed by atoms with Gasteiger partial charge >= 0.3 is 23.8 Å². The monoisotopic (exact) mass is 674 g/mol. The second kappa shape index (κ2) is 8.91. The fraction of sp³-hybridized carbons (Fsp3) is 0.125. The lowest BCUT2D eigenvalue weighted by atomic mass is 10.1. The molecule has 2 aromatic carbocycles. The van der Waals surface area contributed by atoms with E-state index in [2.05, 4.69) is 9.47 Å². The van der Waals surface area contributed by atoms with E-state index in [-0.39, 0.29) is 7.14 Å². The van der Waals surface area contributed by atoms with E-state index in [1.54, 1.807) is 0 Å². The molecule has 0 aliphatic rings. The lowest BCUT2D eigenvalue weighted by Gasteiger charge is -2.23. The SMILES string of the molecule is O=C(Oc1ccccc1)C(F)(F)C(F)(F)C(=O)Oc1cc(I)c(S(=O)(=O)O)c(I)c1. The summed E-state index contributed by atoms with van der Waals surface area (Å²) < 4.78 is 95.7. The smallest absolute Gasteiger partial charge is 0.416 e. The van der Waals surface area contributed by atoms with Crippen LogP contribution >= 0.6 is 45.2 Å². The summed E-state index contributed by atoms with van der Waals surface area (Å²) in [4.78, 5) is 22.7. The Morgan fingerprint density at radius 1 is 0.833 bits per heavy atom. The quantitative estimate of drug-likeness (QED) is 0.163. The largest absolute Gasteiger partial charge is 0.422 e. The normalized spacial score (nSPS) is 12.4. The predicted octanol–water partition coefficient (Wildman–Crippen LogP) is 3.92. The molecule has 0 aliphatic carbocycles. The first-order valence-electron chi connectivity index (χ1n) is 7.39. The van der Waals surface area contributed by atoms with E-state index in [0.717, 1.165) is 24.3 Å². The van der Waals surface area contributed by atoms with Crippen LogP contribution in [0.2, 0.25) is 0 Å². The van der Waals surface area contributed by atoms with Crippen molar-refractivity contribution in [3.63, 3.8) is 0 Å². The minimum absolute atomic E-state index is 0.233. The fourth-order valence-corrected chi connectivity index (χ4v) is 5.92. The van der Waals surface area contributed by atoms with E-state index in [0.29, 0.717) is 0 Å². The summed E-state index contributed by atoms with van der Waals surface area (Å²) in [6.07, 6.45) is 0. The molecular weight excluding hydrogens is 666 g/mol. The van der Waals surface area contributed by atoms with Gasteiger partial charge in [0, 0.05) is 7.14 Å². The molecule has 0 spiro atoms. The summed E-state index contributed by atoms with van der Waals surface area (Å²) in [5, 5.41) is 0. The van der Waals surface area contributed by atoms with Crippen LogP contribution in [0, 0.1) is 7.14 Å². The Hall–Kier alpha value is -1.53. The van der Waals surface area contributed by atoms with Crippen LogP contribution in [0.5, 0.6) is 11.5 Å². The third-order valence-corrected chi connectivity index (χ3v) is 6.69. The second-order valence-electron chi connectivity index (χ2n) is 5.43. The van der Waals surface area contributed by atoms with Gasteiger partial charge in [0.2, 0.25) is 0 Å². The summed E-state index contributed by atoms with van der Waals surface area (Å²) in [6.45, 7) is 0. The zero-order valence-electron chi connectivity index (χ0n) is 14.1. The highest BCUT2D eigenvalue weighted by atomic mass is 127. The molecule has 0 saturated carbocycles. The zero-order valence-corrected chi connectivity index (χ0v) is 19.2. The van der Waals surface area contributed by atoms with Crippen LogP contribution < -0.4 is 9.47 Å². The molecule has 1 N–H and O–H groups in total. The third kappa shape index (κ3) is 5.20. The Kier molecular flexibility index (Phi) is 7.35. The van der Waals surface area contributed by atoms with E-state index in [9.17, 15) is 35.6 Å². The highest BCUT2D eigenvalue weighted by molar-refractivity contribution is 14.1. The number of carbonyl (C=O) groups is 2. The molecule has 2 rings (SSSR count). The van der Waals surface area contributed by atoms with Crippen LogP contribution in [0.3, 0.4) is 0 Å². The highest BCUT2D eigenvalue weighted by Crippen LogP contribution is 2.38. The first-order chi connectivity index (χ1) is 13.7. The Morgan fingerprint density at radius 3 is 1.63 bits per heavy atom. The van der Waals surface area contributed by atoms with E-state index >= 15 is 0 Å². The average molecular weight is 674 g/mol. The number of carbonyl (C=O) groups excluding carboxylic acids is 2. The van der Waals surface area contributed by atoms with Gasteiger partial charge in [0.25, 0.3) is 10.1 Å². The standard InChI is InChI=1S/C16H8F4I2O7S/c17-15(18,13(23)28-8-4-2-1-3-5-8)16(19,20)14(24)29-9-6-10(21)12(11(22)7-9)30(25,26)27/h1-7H,(H,25,26,27). The molecule has 0 saturated heterocycles. The number of ether oxygens (including phenoxy) is 2. The minimum Gasteiger partial charge on any atom is -0.422 e. The maximum Gasteiger partial charge on any atom is 0.416 e. The van der Waals surface area contributed by atoms with Crippen molar-refractivity contribution in [3.05, 3.63) is 49.6 Å². The van der Waals surface area contributed by atoms with Gasteiger partial charge in [-0.05, 0) is 69.4 Å². The van der Waals surface area contributed by atoms with E-state index in [4.69, 9.17) is 4.55 Å². The molecular formula is C16H8F4I2O7S. The summed E-state index contributed by atoms with van der Waals surface area (Å²) in [6, 6.07) is 7.67. The van der Waals surface area contributed by atoms with Gasteiger partial charge in [-0.2, -0.15) is 26.0 Å².